The van der Waals surface area contributed by atoms with E-state index >= 15 is 4.39 Å². The van der Waals surface area contributed by atoms with Crippen LogP contribution in [0.3, 0.4) is 0 Å². The standard InChI is InChI=1S/C32H35F2N3O3/c1-32(2,3)21-8-13-28(40-4)27(18-21)37-26(19-29(38)39)24-6-5-7-25(34)30(24)35-31(37)20-14-16-36(17-15-20)23-11-9-22(33)10-12-23/h5-13,18,20,26H,14-17,19H2,1-4H3,(H,38,39). The predicted octanol–water partition coefficient (Wildman–Crippen LogP) is 7.25. The van der Waals surface area contributed by atoms with Gasteiger partial charge in [0.15, 0.2) is 0 Å². The van der Waals surface area contributed by atoms with Gasteiger partial charge in [-0.1, -0.05) is 39.0 Å². The van der Waals surface area contributed by atoms with E-state index < -0.39 is 17.8 Å². The van der Waals surface area contributed by atoms with Gasteiger partial charge in [0.2, 0.25) is 0 Å². The maximum Gasteiger partial charge on any atom is 0.305 e. The van der Waals surface area contributed by atoms with E-state index in [1.54, 1.807) is 31.4 Å². The first-order valence-corrected chi connectivity index (χ1v) is 13.6. The first kappa shape index (κ1) is 27.6. The van der Waals surface area contributed by atoms with Crippen molar-refractivity contribution >= 4 is 28.9 Å². The Morgan fingerprint density at radius 1 is 1.05 bits per heavy atom. The Balaban J connectivity index is 1.61. The van der Waals surface area contributed by atoms with Gasteiger partial charge in [0.1, 0.15) is 28.9 Å². The number of aliphatic carboxylic acids is 1. The van der Waals surface area contributed by atoms with Crippen LogP contribution >= 0.6 is 0 Å². The van der Waals surface area contributed by atoms with Gasteiger partial charge in [0.25, 0.3) is 0 Å². The van der Waals surface area contributed by atoms with Crippen LogP contribution in [-0.2, 0) is 10.2 Å². The van der Waals surface area contributed by atoms with Crippen molar-refractivity contribution in [2.75, 3.05) is 30.0 Å². The molecule has 2 heterocycles. The molecule has 2 aliphatic rings. The lowest BCUT2D eigenvalue weighted by Crippen LogP contribution is -2.46. The summed E-state index contributed by atoms with van der Waals surface area (Å²) < 4.78 is 34.5. The second-order valence-electron chi connectivity index (χ2n) is 11.5. The minimum absolute atomic E-state index is 0.0521. The largest absolute Gasteiger partial charge is 0.495 e. The highest BCUT2D eigenvalue weighted by atomic mass is 19.1. The summed E-state index contributed by atoms with van der Waals surface area (Å²) in [5, 5.41) is 9.99. The molecule has 1 saturated heterocycles. The lowest BCUT2D eigenvalue weighted by molar-refractivity contribution is -0.137. The van der Waals surface area contributed by atoms with Crippen molar-refractivity contribution in [3.05, 3.63) is 83.4 Å². The summed E-state index contributed by atoms with van der Waals surface area (Å²) in [6.45, 7) is 7.77. The van der Waals surface area contributed by atoms with Crippen molar-refractivity contribution in [3.63, 3.8) is 0 Å². The smallest absolute Gasteiger partial charge is 0.305 e. The van der Waals surface area contributed by atoms with Crippen molar-refractivity contribution in [3.8, 4) is 5.75 Å². The van der Waals surface area contributed by atoms with Crippen molar-refractivity contribution in [1.82, 2.24) is 0 Å². The second-order valence-corrected chi connectivity index (χ2v) is 11.5. The van der Waals surface area contributed by atoms with E-state index in [9.17, 15) is 14.3 Å². The quantitative estimate of drug-likeness (QED) is 0.352. The fraction of sp³-hybridized carbons (Fsp3) is 0.375. The Labute approximate surface area is 233 Å². The van der Waals surface area contributed by atoms with E-state index in [1.807, 2.05) is 23.1 Å². The molecular weight excluding hydrogens is 512 g/mol. The van der Waals surface area contributed by atoms with Crippen molar-refractivity contribution in [1.29, 1.82) is 0 Å². The van der Waals surface area contributed by atoms with Gasteiger partial charge in [0.05, 0.1) is 25.3 Å². The Kier molecular flexibility index (Phi) is 7.53. The van der Waals surface area contributed by atoms with Gasteiger partial charge in [-0.3, -0.25) is 4.79 Å². The summed E-state index contributed by atoms with van der Waals surface area (Å²) in [4.78, 5) is 21.3. The Hall–Kier alpha value is -3.94. The average molecular weight is 548 g/mol. The number of halogens is 2. The van der Waals surface area contributed by atoms with Crippen molar-refractivity contribution < 1.29 is 23.4 Å². The number of nitrogens with zero attached hydrogens (tertiary/aromatic N) is 3. The first-order chi connectivity index (χ1) is 19.1. The van der Waals surface area contributed by atoms with Crippen molar-refractivity contribution in [2.45, 2.75) is 51.5 Å². The van der Waals surface area contributed by atoms with Crippen LogP contribution in [0.5, 0.6) is 5.75 Å². The lowest BCUT2D eigenvalue weighted by atomic mass is 9.85. The molecule has 0 aromatic heterocycles. The van der Waals surface area contributed by atoms with Gasteiger partial charge < -0.3 is 19.6 Å². The van der Waals surface area contributed by atoms with Gasteiger partial charge in [-0.15, -0.1) is 0 Å². The third-order valence-corrected chi connectivity index (χ3v) is 7.89. The highest BCUT2D eigenvalue weighted by molar-refractivity contribution is 6.05. The summed E-state index contributed by atoms with van der Waals surface area (Å²) in [7, 11) is 1.59. The van der Waals surface area contributed by atoms with Gasteiger partial charge in [0, 0.05) is 30.3 Å². The number of piperidine rings is 1. The molecule has 1 N–H and O–H groups in total. The number of amidine groups is 1. The van der Waals surface area contributed by atoms with Gasteiger partial charge in [-0.05, 0) is 66.3 Å². The monoisotopic (exact) mass is 547 g/mol. The maximum atomic E-state index is 15.2. The van der Waals surface area contributed by atoms with E-state index in [-0.39, 0.29) is 29.3 Å². The molecular formula is C32H35F2N3O3. The van der Waals surface area contributed by atoms with Gasteiger partial charge >= 0.3 is 5.97 Å². The number of aliphatic imine (C=N–C) groups is 1. The normalized spacial score (nSPS) is 17.9. The number of hydrogen-bond acceptors (Lipinski definition) is 5. The number of rotatable bonds is 6. The maximum absolute atomic E-state index is 15.2. The van der Waals surface area contributed by atoms with Crippen molar-refractivity contribution in [2.24, 2.45) is 10.9 Å². The van der Waals surface area contributed by atoms with Crippen LogP contribution in [-0.4, -0.2) is 37.1 Å². The molecule has 3 aromatic rings. The van der Waals surface area contributed by atoms with Gasteiger partial charge in [-0.25, -0.2) is 13.8 Å². The summed E-state index contributed by atoms with van der Waals surface area (Å²) in [5.74, 6) is -0.537. The number of para-hydroxylation sites is 1. The van der Waals surface area contributed by atoms with Crippen LogP contribution in [0.4, 0.5) is 25.8 Å². The third kappa shape index (κ3) is 5.40. The fourth-order valence-electron chi connectivity index (χ4n) is 5.72. The minimum atomic E-state index is -0.983. The summed E-state index contributed by atoms with van der Waals surface area (Å²) in [5.41, 5.74) is 3.30. The highest BCUT2D eigenvalue weighted by Gasteiger charge is 2.39. The summed E-state index contributed by atoms with van der Waals surface area (Å²) in [6, 6.07) is 16.5. The topological polar surface area (TPSA) is 65.4 Å². The average Bonchev–Trinajstić information content (AvgIpc) is 2.93. The number of carbonyl (C=O) groups is 1. The van der Waals surface area contributed by atoms with E-state index in [2.05, 4.69) is 25.7 Å². The van der Waals surface area contributed by atoms with E-state index in [4.69, 9.17) is 9.73 Å². The molecule has 6 nitrogen and oxygen atoms in total. The van der Waals surface area contributed by atoms with Crippen LogP contribution in [0.15, 0.2) is 65.7 Å². The van der Waals surface area contributed by atoms with Crippen LogP contribution in [0.25, 0.3) is 0 Å². The molecule has 5 rings (SSSR count). The molecule has 0 saturated carbocycles. The number of carboxylic acid groups (broad SMARTS) is 1. The zero-order valence-corrected chi connectivity index (χ0v) is 23.3. The number of anilines is 2. The molecule has 40 heavy (non-hydrogen) atoms. The Bertz CT molecular complexity index is 1420. The van der Waals surface area contributed by atoms with E-state index in [0.717, 1.165) is 29.8 Å². The van der Waals surface area contributed by atoms with Crippen LogP contribution < -0.4 is 14.5 Å². The Morgan fingerprint density at radius 3 is 2.38 bits per heavy atom. The van der Waals surface area contributed by atoms with Crippen LogP contribution in [0.2, 0.25) is 0 Å². The second kappa shape index (κ2) is 10.9. The highest BCUT2D eigenvalue weighted by Crippen LogP contribution is 2.47. The molecule has 210 valence electrons. The number of hydrogen-bond donors (Lipinski definition) is 1. The van der Waals surface area contributed by atoms with Crippen LogP contribution in [0.1, 0.15) is 57.2 Å². The number of methoxy groups -OCH3 is 1. The molecule has 3 aromatic carbocycles. The molecule has 1 atom stereocenters. The molecule has 0 bridgehead atoms. The molecule has 0 amide bonds. The molecule has 1 fully saturated rings. The summed E-state index contributed by atoms with van der Waals surface area (Å²) >= 11 is 0. The number of benzene rings is 3. The number of carboxylic acids is 1. The first-order valence-electron chi connectivity index (χ1n) is 13.6. The minimum Gasteiger partial charge on any atom is -0.495 e. The fourth-order valence-corrected chi connectivity index (χ4v) is 5.72. The molecule has 0 radical (unpaired) electrons. The van der Waals surface area contributed by atoms with Gasteiger partial charge in [-0.2, -0.15) is 0 Å². The SMILES string of the molecule is COc1ccc(C(C)(C)C)cc1N1C(C2CCN(c3ccc(F)cc3)CC2)=Nc2c(F)cccc2C1CC(=O)O. The Morgan fingerprint density at radius 2 is 1.75 bits per heavy atom. The molecule has 8 heteroatoms. The third-order valence-electron chi connectivity index (χ3n) is 7.89. The molecule has 0 spiro atoms. The predicted molar refractivity (Wildman–Crippen MR) is 154 cm³/mol. The molecule has 1 unspecified atom stereocenters. The molecule has 0 aliphatic carbocycles. The number of ether oxygens (including phenoxy) is 1. The van der Waals surface area contributed by atoms with E-state index in [1.165, 1.54) is 18.2 Å². The zero-order valence-electron chi connectivity index (χ0n) is 23.3. The van der Waals surface area contributed by atoms with E-state index in [0.29, 0.717) is 30.2 Å². The number of fused-ring (bicyclic) bond motifs is 1. The summed E-state index contributed by atoms with van der Waals surface area (Å²) in [6.07, 6.45) is 1.21. The van der Waals surface area contributed by atoms with Crippen LogP contribution in [0, 0.1) is 17.6 Å². The molecule has 2 aliphatic heterocycles. The zero-order chi connectivity index (χ0) is 28.6. The lowest BCUT2D eigenvalue weighted by Gasteiger charge is -2.43.